The molecule has 0 N–H and O–H groups in total. The molecule has 2 saturated heterocycles. The molecule has 2 fully saturated rings. The summed E-state index contributed by atoms with van der Waals surface area (Å²) in [5, 5.41) is 0. The Morgan fingerprint density at radius 2 is 1.38 bits per heavy atom. The Balaban J connectivity index is 1.56. The predicted octanol–water partition coefficient (Wildman–Crippen LogP) is 4.29. The summed E-state index contributed by atoms with van der Waals surface area (Å²) >= 11 is 2.07. The number of fused-ring (bicyclic) bond motifs is 3. The molecule has 2 aliphatic heterocycles. The number of ether oxygens (including phenoxy) is 1. The van der Waals surface area contributed by atoms with Gasteiger partial charge in [-0.3, -0.25) is 19.2 Å². The fraction of sp³-hybridized carbons (Fsp3) is 0.185. The van der Waals surface area contributed by atoms with Gasteiger partial charge in [-0.05, 0) is 47.2 Å². The standard InChI is InChI=1S/C27H18INO5/c1-14-10-12-15(13-11-14)22-20-21(26(33)29(25(20)32)19-9-5-4-8-18(19)28)27(34-22)23(30)16-6-2-3-7-17(16)24(27)31/h2-13,20-22H,1H3/t20-,21-,22-/m0/s1. The van der Waals surface area contributed by atoms with E-state index >= 15 is 0 Å². The Morgan fingerprint density at radius 1 is 0.794 bits per heavy atom. The van der Waals surface area contributed by atoms with Crippen molar-refractivity contribution in [1.82, 2.24) is 0 Å². The van der Waals surface area contributed by atoms with Gasteiger partial charge in [0.15, 0.2) is 0 Å². The summed E-state index contributed by atoms with van der Waals surface area (Å²) in [5.74, 6) is -4.38. The molecule has 3 aromatic carbocycles. The minimum absolute atomic E-state index is 0.226. The highest BCUT2D eigenvalue weighted by Gasteiger charge is 2.74. The first-order chi connectivity index (χ1) is 16.4. The number of hydrogen-bond acceptors (Lipinski definition) is 5. The van der Waals surface area contributed by atoms with Crippen LogP contribution in [0.1, 0.15) is 37.9 Å². The summed E-state index contributed by atoms with van der Waals surface area (Å²) < 4.78 is 7.01. The second-order valence-corrected chi connectivity index (χ2v) is 10.0. The molecule has 0 saturated carbocycles. The van der Waals surface area contributed by atoms with E-state index in [1.54, 1.807) is 42.5 Å². The minimum Gasteiger partial charge on any atom is -0.349 e. The van der Waals surface area contributed by atoms with Crippen LogP contribution in [0.25, 0.3) is 0 Å². The second-order valence-electron chi connectivity index (χ2n) is 8.86. The molecule has 168 valence electrons. The molecule has 1 spiro atoms. The highest BCUT2D eigenvalue weighted by molar-refractivity contribution is 14.1. The van der Waals surface area contributed by atoms with Crippen LogP contribution in [0.15, 0.2) is 72.8 Å². The lowest BCUT2D eigenvalue weighted by atomic mass is 9.77. The van der Waals surface area contributed by atoms with Crippen LogP contribution in [0.3, 0.4) is 0 Å². The number of amides is 2. The lowest BCUT2D eigenvalue weighted by Gasteiger charge is -2.27. The lowest BCUT2D eigenvalue weighted by Crippen LogP contribution is -2.51. The van der Waals surface area contributed by atoms with Gasteiger partial charge in [-0.1, -0.05) is 66.2 Å². The molecule has 0 bridgehead atoms. The van der Waals surface area contributed by atoms with E-state index in [9.17, 15) is 19.2 Å². The van der Waals surface area contributed by atoms with Crippen molar-refractivity contribution in [1.29, 1.82) is 0 Å². The van der Waals surface area contributed by atoms with Gasteiger partial charge in [0, 0.05) is 14.7 Å². The molecule has 6 rings (SSSR count). The van der Waals surface area contributed by atoms with Gasteiger partial charge in [-0.2, -0.15) is 0 Å². The molecule has 6 nitrogen and oxygen atoms in total. The van der Waals surface area contributed by atoms with Crippen molar-refractivity contribution < 1.29 is 23.9 Å². The van der Waals surface area contributed by atoms with Crippen LogP contribution in [0.4, 0.5) is 5.69 Å². The molecule has 3 aromatic rings. The third-order valence-corrected chi connectivity index (χ3v) is 7.93. The van der Waals surface area contributed by atoms with Crippen LogP contribution in [0.5, 0.6) is 0 Å². The molecule has 3 aliphatic rings. The van der Waals surface area contributed by atoms with Gasteiger partial charge in [-0.25, -0.2) is 4.90 Å². The maximum Gasteiger partial charge on any atom is 0.241 e. The molecular weight excluding hydrogens is 545 g/mol. The highest BCUT2D eigenvalue weighted by atomic mass is 127. The van der Waals surface area contributed by atoms with Gasteiger partial charge in [-0.15, -0.1) is 0 Å². The van der Waals surface area contributed by atoms with Gasteiger partial charge in [0.1, 0.15) is 0 Å². The maximum atomic E-state index is 13.9. The summed E-state index contributed by atoms with van der Waals surface area (Å²) in [6.45, 7) is 1.94. The largest absolute Gasteiger partial charge is 0.349 e. The first-order valence-electron chi connectivity index (χ1n) is 10.9. The van der Waals surface area contributed by atoms with Crippen LogP contribution in [-0.2, 0) is 14.3 Å². The molecule has 2 heterocycles. The summed E-state index contributed by atoms with van der Waals surface area (Å²) in [4.78, 5) is 56.3. The average Bonchev–Trinajstić information content (AvgIpc) is 3.40. The van der Waals surface area contributed by atoms with Gasteiger partial charge < -0.3 is 4.74 Å². The number of carbonyl (C=O) groups is 4. The van der Waals surface area contributed by atoms with Crippen LogP contribution >= 0.6 is 22.6 Å². The van der Waals surface area contributed by atoms with Gasteiger partial charge in [0.05, 0.1) is 23.6 Å². The maximum absolute atomic E-state index is 13.9. The summed E-state index contributed by atoms with van der Waals surface area (Å²) in [7, 11) is 0. The number of anilines is 1. The van der Waals surface area contributed by atoms with E-state index in [1.165, 1.54) is 0 Å². The number of halogens is 1. The van der Waals surface area contributed by atoms with Crippen molar-refractivity contribution >= 4 is 51.7 Å². The Kier molecular flexibility index (Phi) is 4.66. The molecule has 7 heteroatoms. The number of nitrogens with zero attached hydrogens (tertiary/aromatic N) is 1. The molecule has 34 heavy (non-hydrogen) atoms. The number of ketones is 2. The third-order valence-electron chi connectivity index (χ3n) is 7.02. The molecule has 1 aliphatic carbocycles. The molecule has 0 radical (unpaired) electrons. The smallest absolute Gasteiger partial charge is 0.241 e. The van der Waals surface area contributed by atoms with E-state index in [1.807, 2.05) is 37.3 Å². The van der Waals surface area contributed by atoms with Crippen molar-refractivity contribution in [3.8, 4) is 0 Å². The predicted molar refractivity (Wildman–Crippen MR) is 131 cm³/mol. The van der Waals surface area contributed by atoms with E-state index in [2.05, 4.69) is 22.6 Å². The van der Waals surface area contributed by atoms with E-state index in [-0.39, 0.29) is 11.1 Å². The van der Waals surface area contributed by atoms with Crippen molar-refractivity contribution in [3.05, 3.63) is 98.6 Å². The zero-order valence-electron chi connectivity index (χ0n) is 18.0. The van der Waals surface area contributed by atoms with Crippen LogP contribution in [0, 0.1) is 22.3 Å². The molecule has 0 aromatic heterocycles. The average molecular weight is 563 g/mol. The van der Waals surface area contributed by atoms with Gasteiger partial charge in [0.2, 0.25) is 29.0 Å². The van der Waals surface area contributed by atoms with E-state index in [0.717, 1.165) is 14.0 Å². The summed E-state index contributed by atoms with van der Waals surface area (Å²) in [6, 6.07) is 20.9. The third kappa shape index (κ3) is 2.65. The fourth-order valence-corrected chi connectivity index (χ4v) is 6.07. The van der Waals surface area contributed by atoms with Gasteiger partial charge >= 0.3 is 0 Å². The normalized spacial score (nSPS) is 24.8. The van der Waals surface area contributed by atoms with Crippen molar-refractivity contribution in [2.75, 3.05) is 4.90 Å². The van der Waals surface area contributed by atoms with Gasteiger partial charge in [0.25, 0.3) is 0 Å². The number of hydrogen-bond donors (Lipinski definition) is 0. The second kappa shape index (κ2) is 7.41. The zero-order valence-corrected chi connectivity index (χ0v) is 20.2. The first-order valence-corrected chi connectivity index (χ1v) is 12.0. The summed E-state index contributed by atoms with van der Waals surface area (Å²) in [5.41, 5.74) is 0.516. The zero-order chi connectivity index (χ0) is 23.8. The van der Waals surface area contributed by atoms with E-state index in [4.69, 9.17) is 4.74 Å². The summed E-state index contributed by atoms with van der Waals surface area (Å²) in [6.07, 6.45) is -0.907. The number of carbonyl (C=O) groups excluding carboxylic acids is 4. The van der Waals surface area contributed by atoms with E-state index < -0.39 is 46.9 Å². The van der Waals surface area contributed by atoms with Crippen LogP contribution in [-0.4, -0.2) is 29.0 Å². The topological polar surface area (TPSA) is 80.8 Å². The van der Waals surface area contributed by atoms with E-state index in [0.29, 0.717) is 11.3 Å². The van der Waals surface area contributed by atoms with Crippen LogP contribution < -0.4 is 4.90 Å². The van der Waals surface area contributed by atoms with Crippen molar-refractivity contribution in [2.45, 2.75) is 18.6 Å². The molecule has 2 amide bonds. The van der Waals surface area contributed by atoms with Crippen molar-refractivity contribution in [2.24, 2.45) is 11.8 Å². The van der Waals surface area contributed by atoms with Crippen LogP contribution in [0.2, 0.25) is 0 Å². The number of benzene rings is 3. The Bertz CT molecular complexity index is 1380. The quantitative estimate of drug-likeness (QED) is 0.264. The Hall–Kier alpha value is -3.17. The highest BCUT2D eigenvalue weighted by Crippen LogP contribution is 2.57. The number of Topliss-reactive ketones (excluding diaryl/α,β-unsaturated/α-hetero) is 2. The molecular formula is C27H18INO5. The van der Waals surface area contributed by atoms with Crippen molar-refractivity contribution in [3.63, 3.8) is 0 Å². The Labute approximate surface area is 209 Å². The SMILES string of the molecule is Cc1ccc([C@@H]2OC3(C(=O)c4ccccc4C3=O)[C@@H]3C(=O)N(c4ccccc4I)C(=O)[C@@H]32)cc1. The number of rotatable bonds is 2. The first kappa shape index (κ1) is 21.4. The number of imide groups is 1. The monoisotopic (exact) mass is 563 g/mol. The Morgan fingerprint density at radius 3 is 2.00 bits per heavy atom. The molecule has 3 atom stereocenters. The lowest BCUT2D eigenvalue weighted by molar-refractivity contribution is -0.127. The number of para-hydroxylation sites is 1. The minimum atomic E-state index is -2.05. The number of aryl methyl sites for hydroxylation is 1. The fourth-order valence-electron chi connectivity index (χ4n) is 5.44. The molecule has 0 unspecified atom stereocenters.